The third-order valence-corrected chi connectivity index (χ3v) is 6.37. The van der Waals surface area contributed by atoms with Gasteiger partial charge in [-0.2, -0.15) is 11.8 Å². The second-order valence-electron chi connectivity index (χ2n) is 5.65. The van der Waals surface area contributed by atoms with Crippen LogP contribution in [0.2, 0.25) is 0 Å². The fraction of sp³-hybridized carbons (Fsp3) is 0.375. The number of ether oxygens (including phenoxy) is 1. The van der Waals surface area contributed by atoms with Gasteiger partial charge < -0.3 is 10.5 Å². The fourth-order valence-corrected chi connectivity index (χ4v) is 4.93. The van der Waals surface area contributed by atoms with Gasteiger partial charge in [-0.15, -0.1) is 11.8 Å². The van der Waals surface area contributed by atoms with Crippen LogP contribution in [0.5, 0.6) is 0 Å². The SMILES string of the molecule is NCCSCC1=C(C(=O)OCc2ccc([N+](=O)[O-])cc2)N2C(=O)C[C@H]2S1. The Hall–Kier alpha value is -2.04. The van der Waals surface area contributed by atoms with E-state index in [-0.39, 0.29) is 23.6 Å². The Morgan fingerprint density at radius 3 is 2.77 bits per heavy atom. The van der Waals surface area contributed by atoms with Gasteiger partial charge in [0.1, 0.15) is 12.3 Å². The molecule has 1 fully saturated rings. The number of rotatable bonds is 8. The number of carbonyl (C=O) groups excluding carboxylic acids is 2. The van der Waals surface area contributed by atoms with Crippen molar-refractivity contribution >= 4 is 41.1 Å². The van der Waals surface area contributed by atoms with Gasteiger partial charge in [0.05, 0.1) is 16.7 Å². The van der Waals surface area contributed by atoms with E-state index in [2.05, 4.69) is 0 Å². The normalized spacial score (nSPS) is 18.6. The first-order valence-electron chi connectivity index (χ1n) is 7.91. The third-order valence-electron chi connectivity index (χ3n) is 3.90. The molecule has 0 aliphatic carbocycles. The number of β-lactam (4-membered cyclic amide) rings is 1. The van der Waals surface area contributed by atoms with Crippen molar-refractivity contribution in [2.45, 2.75) is 18.4 Å². The molecule has 2 N–H and O–H groups in total. The highest BCUT2D eigenvalue weighted by molar-refractivity contribution is 8.06. The number of hydrogen-bond acceptors (Lipinski definition) is 8. The van der Waals surface area contributed by atoms with E-state index < -0.39 is 10.9 Å². The summed E-state index contributed by atoms with van der Waals surface area (Å²) in [5.74, 6) is 0.760. The molecule has 8 nitrogen and oxygen atoms in total. The Bertz CT molecular complexity index is 766. The molecule has 3 rings (SSSR count). The molecule has 0 bridgehead atoms. The standard InChI is InChI=1S/C16H17N3O5S2/c17-5-6-25-9-12-15(18-13(20)7-14(18)26-12)16(21)24-8-10-1-3-11(4-2-10)19(22)23/h1-4,14H,5-9,17H2/t14-/m1/s1. The lowest BCUT2D eigenvalue weighted by Gasteiger charge is -2.34. The molecule has 0 spiro atoms. The van der Waals surface area contributed by atoms with E-state index in [1.54, 1.807) is 23.9 Å². The topological polar surface area (TPSA) is 116 Å². The number of fused-ring (bicyclic) bond motifs is 1. The van der Waals surface area contributed by atoms with Gasteiger partial charge in [-0.1, -0.05) is 0 Å². The minimum Gasteiger partial charge on any atom is -0.456 e. The molecule has 26 heavy (non-hydrogen) atoms. The largest absolute Gasteiger partial charge is 0.456 e. The summed E-state index contributed by atoms with van der Waals surface area (Å²) < 4.78 is 5.34. The number of benzene rings is 1. The Morgan fingerprint density at radius 2 is 2.15 bits per heavy atom. The zero-order valence-corrected chi connectivity index (χ0v) is 15.4. The van der Waals surface area contributed by atoms with Crippen LogP contribution in [-0.2, 0) is 20.9 Å². The average molecular weight is 395 g/mol. The second-order valence-corrected chi connectivity index (χ2v) is 8.03. The summed E-state index contributed by atoms with van der Waals surface area (Å²) in [4.78, 5) is 36.9. The van der Waals surface area contributed by atoms with Crippen LogP contribution in [0.3, 0.4) is 0 Å². The summed E-state index contributed by atoms with van der Waals surface area (Å²) >= 11 is 3.14. The molecule has 0 aromatic heterocycles. The molecule has 10 heteroatoms. The van der Waals surface area contributed by atoms with Crippen molar-refractivity contribution in [2.24, 2.45) is 5.73 Å². The Balaban J connectivity index is 1.66. The van der Waals surface area contributed by atoms with E-state index in [0.29, 0.717) is 30.0 Å². The highest BCUT2D eigenvalue weighted by Crippen LogP contribution is 2.47. The first-order chi connectivity index (χ1) is 12.5. The average Bonchev–Trinajstić information content (AvgIpc) is 2.92. The zero-order chi connectivity index (χ0) is 18.7. The number of nitrogens with zero attached hydrogens (tertiary/aromatic N) is 2. The van der Waals surface area contributed by atoms with Crippen LogP contribution in [0, 0.1) is 10.1 Å². The van der Waals surface area contributed by atoms with Crippen molar-refractivity contribution in [2.75, 3.05) is 18.1 Å². The number of thioether (sulfide) groups is 2. The van der Waals surface area contributed by atoms with Gasteiger partial charge in [0.25, 0.3) is 5.69 Å². The highest BCUT2D eigenvalue weighted by Gasteiger charge is 2.48. The Kier molecular flexibility index (Phi) is 5.84. The molecular formula is C16H17N3O5S2. The van der Waals surface area contributed by atoms with Crippen LogP contribution < -0.4 is 5.73 Å². The molecular weight excluding hydrogens is 378 g/mol. The number of non-ortho nitro benzene ring substituents is 1. The van der Waals surface area contributed by atoms with E-state index in [9.17, 15) is 19.7 Å². The minimum absolute atomic E-state index is 0.0130. The lowest BCUT2D eigenvalue weighted by Crippen LogP contribution is -2.48. The van der Waals surface area contributed by atoms with Gasteiger partial charge in [-0.25, -0.2) is 4.79 Å². The minimum atomic E-state index is -0.547. The summed E-state index contributed by atoms with van der Waals surface area (Å²) in [6.07, 6.45) is 0.425. The van der Waals surface area contributed by atoms with Crippen molar-refractivity contribution < 1.29 is 19.2 Å². The van der Waals surface area contributed by atoms with E-state index in [1.807, 2.05) is 0 Å². The monoisotopic (exact) mass is 395 g/mol. The lowest BCUT2D eigenvalue weighted by molar-refractivity contribution is -0.384. The van der Waals surface area contributed by atoms with Crippen molar-refractivity contribution in [1.82, 2.24) is 4.90 Å². The van der Waals surface area contributed by atoms with Crippen molar-refractivity contribution in [3.8, 4) is 0 Å². The van der Waals surface area contributed by atoms with Gasteiger partial charge in [0, 0.05) is 35.1 Å². The number of amides is 1. The molecule has 2 heterocycles. The number of carbonyl (C=O) groups is 2. The van der Waals surface area contributed by atoms with Crippen LogP contribution >= 0.6 is 23.5 Å². The first kappa shape index (κ1) is 18.7. The van der Waals surface area contributed by atoms with Gasteiger partial charge in [-0.3, -0.25) is 19.8 Å². The Morgan fingerprint density at radius 1 is 1.42 bits per heavy atom. The third kappa shape index (κ3) is 3.87. The van der Waals surface area contributed by atoms with Crippen LogP contribution in [0.25, 0.3) is 0 Å². The number of nitro benzene ring substituents is 1. The predicted molar refractivity (Wildman–Crippen MR) is 99.1 cm³/mol. The summed E-state index contributed by atoms with van der Waals surface area (Å²) in [6.45, 7) is 0.537. The van der Waals surface area contributed by atoms with E-state index in [1.165, 1.54) is 28.8 Å². The maximum atomic E-state index is 12.5. The van der Waals surface area contributed by atoms with E-state index in [0.717, 1.165) is 10.7 Å². The number of nitrogens with two attached hydrogens (primary N) is 1. The molecule has 2 aliphatic rings. The fourth-order valence-electron chi connectivity index (χ4n) is 2.60. The second kappa shape index (κ2) is 8.11. The van der Waals surface area contributed by atoms with Crippen LogP contribution in [0.1, 0.15) is 12.0 Å². The van der Waals surface area contributed by atoms with Crippen LogP contribution in [-0.4, -0.2) is 45.1 Å². The quantitative estimate of drug-likeness (QED) is 0.233. The van der Waals surface area contributed by atoms with Gasteiger partial charge in [0.15, 0.2) is 0 Å². The number of esters is 1. The molecule has 1 aromatic rings. The van der Waals surface area contributed by atoms with E-state index >= 15 is 0 Å². The summed E-state index contributed by atoms with van der Waals surface area (Å²) in [5, 5.41) is 10.6. The molecule has 1 atom stereocenters. The van der Waals surface area contributed by atoms with Crippen LogP contribution in [0.15, 0.2) is 34.9 Å². The molecule has 2 aliphatic heterocycles. The molecule has 0 saturated carbocycles. The molecule has 1 amide bonds. The zero-order valence-electron chi connectivity index (χ0n) is 13.8. The van der Waals surface area contributed by atoms with Crippen LogP contribution in [0.4, 0.5) is 5.69 Å². The maximum Gasteiger partial charge on any atom is 0.356 e. The Labute approximate surface area is 158 Å². The first-order valence-corrected chi connectivity index (χ1v) is 9.95. The van der Waals surface area contributed by atoms with Gasteiger partial charge in [0.2, 0.25) is 5.91 Å². The maximum absolute atomic E-state index is 12.5. The van der Waals surface area contributed by atoms with E-state index in [4.69, 9.17) is 10.5 Å². The molecule has 0 unspecified atom stereocenters. The molecule has 1 aromatic carbocycles. The predicted octanol–water partition coefficient (Wildman–Crippen LogP) is 1.85. The summed E-state index contributed by atoms with van der Waals surface area (Å²) in [5.41, 5.74) is 6.43. The summed E-state index contributed by atoms with van der Waals surface area (Å²) in [7, 11) is 0. The highest BCUT2D eigenvalue weighted by atomic mass is 32.2. The number of nitro groups is 1. The number of hydrogen-bond donors (Lipinski definition) is 1. The molecule has 138 valence electrons. The smallest absolute Gasteiger partial charge is 0.356 e. The van der Waals surface area contributed by atoms with Gasteiger partial charge in [-0.05, 0) is 17.7 Å². The van der Waals surface area contributed by atoms with Gasteiger partial charge >= 0.3 is 5.97 Å². The van der Waals surface area contributed by atoms with Crippen molar-refractivity contribution in [3.63, 3.8) is 0 Å². The molecule has 1 saturated heterocycles. The molecule has 0 radical (unpaired) electrons. The van der Waals surface area contributed by atoms with Crippen molar-refractivity contribution in [3.05, 3.63) is 50.5 Å². The lowest BCUT2D eigenvalue weighted by atomic mass is 10.1. The van der Waals surface area contributed by atoms with Crippen molar-refractivity contribution in [1.29, 1.82) is 0 Å². The summed E-state index contributed by atoms with van der Waals surface area (Å²) in [6, 6.07) is 5.80.